The van der Waals surface area contributed by atoms with Crippen molar-refractivity contribution in [2.24, 2.45) is 0 Å². The molecule has 0 fully saturated rings. The Balaban J connectivity index is 1.47. The minimum atomic E-state index is -1.85. The van der Waals surface area contributed by atoms with E-state index >= 15 is 0 Å². The molecular weight excluding hydrogens is 1580 g/mol. The Morgan fingerprint density at radius 3 is 0.734 bits per heavy atom. The quantitative estimate of drug-likeness (QED) is 0.0274. The summed E-state index contributed by atoms with van der Waals surface area (Å²) in [7, 11) is -5.52. The zero-order valence-corrected chi connectivity index (χ0v) is 85.5. The van der Waals surface area contributed by atoms with Gasteiger partial charge in [-0.05, 0) is 212 Å². The van der Waals surface area contributed by atoms with Crippen molar-refractivity contribution in [2.45, 2.75) is 474 Å². The minimum Gasteiger partial charge on any atom is -0.418 e. The Kier molecular flexibility index (Phi) is 54.5. The van der Waals surface area contributed by atoms with Crippen molar-refractivity contribution in [1.29, 1.82) is 0 Å². The van der Waals surface area contributed by atoms with Gasteiger partial charge in [-0.3, -0.25) is 13.6 Å². The van der Waals surface area contributed by atoms with Gasteiger partial charge in [0.15, 0.2) is 0 Å². The van der Waals surface area contributed by atoms with Crippen LogP contribution in [0.3, 0.4) is 0 Å². The number of hydrogen-bond donors (Lipinski definition) is 0. The first-order valence-electron chi connectivity index (χ1n) is 51.0. The normalized spacial score (nSPS) is 13.3. The van der Waals surface area contributed by atoms with Gasteiger partial charge in [0.05, 0.1) is 19.8 Å². The molecule has 4 unspecified atom stereocenters. The van der Waals surface area contributed by atoms with Crippen molar-refractivity contribution < 1.29 is 40.7 Å². The number of unbranched alkanes of at least 4 members (excludes halogenated alkanes) is 39. The molecule has 0 aliphatic carbocycles. The predicted molar refractivity (Wildman–Crippen MR) is 539 cm³/mol. The van der Waals surface area contributed by atoms with Gasteiger partial charge in [0.2, 0.25) is 0 Å². The van der Waals surface area contributed by atoms with Crippen LogP contribution < -0.4 is 27.1 Å². The first-order chi connectivity index (χ1) is 59.9. The fourth-order valence-electron chi connectivity index (χ4n) is 17.2. The van der Waals surface area contributed by atoms with E-state index < -0.39 is 25.8 Å². The molecule has 0 heterocycles. The summed E-state index contributed by atoms with van der Waals surface area (Å²) in [5, 5.41) is 0. The summed E-state index contributed by atoms with van der Waals surface area (Å²) in [4.78, 5) is 0. The monoisotopic (exact) mass is 1760 g/mol. The van der Waals surface area contributed by atoms with Crippen molar-refractivity contribution in [2.75, 3.05) is 19.8 Å². The van der Waals surface area contributed by atoms with E-state index in [9.17, 15) is 0 Å². The summed E-state index contributed by atoms with van der Waals surface area (Å²) in [6.45, 7) is 45.8. The lowest BCUT2D eigenvalue weighted by atomic mass is 9.74. The van der Waals surface area contributed by atoms with E-state index in [0.29, 0.717) is 19.8 Å². The van der Waals surface area contributed by atoms with Gasteiger partial charge >= 0.3 is 25.8 Å². The number of hydrogen-bond acceptors (Lipinski definition) is 9. The topological polar surface area (TPSA) is 83.1 Å². The van der Waals surface area contributed by atoms with Crippen molar-refractivity contribution in [3.8, 4) is 34.5 Å². The summed E-state index contributed by atoms with van der Waals surface area (Å²) in [6.07, 6.45) is 60.2. The van der Waals surface area contributed by atoms with E-state index in [0.717, 1.165) is 127 Å². The molecule has 0 aromatic heterocycles. The molecule has 6 rings (SSSR count). The second kappa shape index (κ2) is 62.6. The third kappa shape index (κ3) is 43.3. The smallest absolute Gasteiger partial charge is 0.418 e. The first-order valence-corrected chi connectivity index (χ1v) is 54.3. The summed E-state index contributed by atoms with van der Waals surface area (Å²) in [5.74, 6) is 4.85. The third-order valence-electron chi connectivity index (χ3n) is 24.9. The van der Waals surface area contributed by atoms with Crippen LogP contribution in [0.1, 0.15) is 485 Å². The maximum atomic E-state index is 7.37. The number of aryl methyl sites for hydroxylation is 6. The molecule has 0 saturated carbocycles. The molecule has 0 aliphatic heterocycles. The van der Waals surface area contributed by atoms with Crippen molar-refractivity contribution in [3.63, 3.8) is 0 Å². The molecule has 12 heteroatoms. The second-order valence-electron chi connectivity index (χ2n) is 39.8. The average molecular weight is 1760 g/mol. The molecule has 0 aliphatic rings. The highest BCUT2D eigenvalue weighted by atomic mass is 31.2. The SMILES string of the molecule is CCCCCCCCCCOP(Oc1cccc(CCCCCCCCC)c1)Oc1cc(C)c(C(C)CC(c2cc(C(C)(C)C)c(OP(OCCCCCCCCCC)Oc3cccc(CCCCCCCCC)c3)cc2C)c2cc(C(C)(C)C)c(OP(OCCCCCCCCCC)Oc3cccc(CCCCCCCCC)c3)cc2C)cc1C(C)(C)C. The lowest BCUT2D eigenvalue weighted by Gasteiger charge is -2.33. The molecule has 9 nitrogen and oxygen atoms in total. The number of benzene rings is 6. The van der Waals surface area contributed by atoms with E-state index in [1.54, 1.807) is 0 Å². The zero-order valence-electron chi connectivity index (χ0n) is 82.8. The molecule has 698 valence electrons. The maximum Gasteiger partial charge on any atom is 0.463 e. The number of rotatable bonds is 71. The lowest BCUT2D eigenvalue weighted by molar-refractivity contribution is 0.256. The van der Waals surface area contributed by atoms with Crippen LogP contribution in [0.25, 0.3) is 0 Å². The van der Waals surface area contributed by atoms with Crippen molar-refractivity contribution in [1.82, 2.24) is 0 Å². The van der Waals surface area contributed by atoms with E-state index in [-0.39, 0.29) is 28.1 Å². The van der Waals surface area contributed by atoms with Gasteiger partial charge in [-0.15, -0.1) is 0 Å². The highest BCUT2D eigenvalue weighted by Crippen LogP contribution is 2.53. The Hall–Kier alpha value is -4.71. The maximum absolute atomic E-state index is 7.37. The van der Waals surface area contributed by atoms with E-state index in [1.165, 1.54) is 289 Å². The van der Waals surface area contributed by atoms with Crippen molar-refractivity contribution in [3.05, 3.63) is 176 Å². The van der Waals surface area contributed by atoms with Gasteiger partial charge in [0, 0.05) is 22.6 Å². The summed E-state index contributed by atoms with van der Waals surface area (Å²) < 4.78 is 63.7. The third-order valence-corrected chi connectivity index (χ3v) is 28.2. The molecule has 0 amide bonds. The summed E-state index contributed by atoms with van der Waals surface area (Å²) in [6, 6.07) is 40.5. The molecule has 0 spiro atoms. The standard InChI is InChI=1S/C112H181O9P3/c1-20-26-32-38-44-50-56-62-77-113-122(116-97-74-65-71-94(84-97)68-59-53-47-41-35-29-23-4)119-107-81-91(8)100(87-104(107)110(11,12)13)90(7)80-103(101-88-105(111(14,15)16)108(82-92(101)9)120-123(114-78-63-57-51-45-39-33-27-21-2)117-98-75-66-72-95(85-98)69-60-54-48-42-36-30-24-5)102-89-106(112(17,18)19)109(83-93(102)10)121-124(115-79-64-58-52-46-40-34-28-22-3)118-99-76-67-73-96(86-99)70-61-55-49-43-37-31-25-6/h65-67,71-76,81-90,103H,20-64,68-70,77-80H2,1-19H3. The fraction of sp³-hybridized carbons (Fsp3) is 0.679. The Labute approximate surface area is 766 Å². The summed E-state index contributed by atoms with van der Waals surface area (Å²) in [5.41, 5.74) is 13.7. The Morgan fingerprint density at radius 1 is 0.258 bits per heavy atom. The molecule has 6 aromatic carbocycles. The van der Waals surface area contributed by atoms with Crippen molar-refractivity contribution >= 4 is 25.8 Å². The molecular formula is C112H181O9P3. The van der Waals surface area contributed by atoms with Gasteiger partial charge in [-0.1, -0.05) is 416 Å². The average Bonchev–Trinajstić information content (AvgIpc) is 0.758. The largest absolute Gasteiger partial charge is 0.463 e. The van der Waals surface area contributed by atoms with Crippen LogP contribution in [0.4, 0.5) is 0 Å². The van der Waals surface area contributed by atoms with Crippen LogP contribution in [-0.2, 0) is 49.1 Å². The van der Waals surface area contributed by atoms with Gasteiger partial charge in [0.25, 0.3) is 0 Å². The molecule has 124 heavy (non-hydrogen) atoms. The van der Waals surface area contributed by atoms with Gasteiger partial charge in [-0.2, -0.15) is 0 Å². The van der Waals surface area contributed by atoms with Crippen LogP contribution >= 0.6 is 25.8 Å². The zero-order chi connectivity index (χ0) is 89.6. The molecule has 0 N–H and O–H groups in total. The van der Waals surface area contributed by atoms with Gasteiger partial charge in [0.1, 0.15) is 34.5 Å². The predicted octanol–water partition coefficient (Wildman–Crippen LogP) is 38.2. The lowest BCUT2D eigenvalue weighted by Crippen LogP contribution is -2.19. The van der Waals surface area contributed by atoms with Crippen LogP contribution in [0.5, 0.6) is 34.5 Å². The fourth-order valence-corrected chi connectivity index (χ4v) is 20.3. The van der Waals surface area contributed by atoms with Crippen LogP contribution in [0.15, 0.2) is 109 Å². The van der Waals surface area contributed by atoms with E-state index in [2.05, 4.69) is 241 Å². The Bertz CT molecular complexity index is 3610. The molecule has 0 radical (unpaired) electrons. The van der Waals surface area contributed by atoms with Gasteiger partial charge < -0.3 is 27.1 Å². The van der Waals surface area contributed by atoms with Crippen LogP contribution in [0.2, 0.25) is 0 Å². The van der Waals surface area contributed by atoms with E-state index in [1.807, 2.05) is 0 Å². The second-order valence-corrected chi connectivity index (χ2v) is 43.0. The molecule has 0 bridgehead atoms. The van der Waals surface area contributed by atoms with Gasteiger partial charge in [-0.25, -0.2) is 0 Å². The highest BCUT2D eigenvalue weighted by Gasteiger charge is 2.35. The molecule has 4 atom stereocenters. The van der Waals surface area contributed by atoms with Crippen LogP contribution in [-0.4, -0.2) is 19.8 Å². The summed E-state index contributed by atoms with van der Waals surface area (Å²) >= 11 is 0. The minimum absolute atomic E-state index is 0.0774. The first kappa shape index (κ1) is 108. The highest BCUT2D eigenvalue weighted by molar-refractivity contribution is 7.43. The van der Waals surface area contributed by atoms with Crippen LogP contribution in [0, 0.1) is 20.8 Å². The Morgan fingerprint density at radius 2 is 0.484 bits per heavy atom. The molecule has 6 aromatic rings. The molecule has 0 saturated heterocycles. The van der Waals surface area contributed by atoms with E-state index in [4.69, 9.17) is 40.7 Å².